The molecule has 0 unspecified atom stereocenters. The highest BCUT2D eigenvalue weighted by Gasteiger charge is 2.06. The van der Waals surface area contributed by atoms with Gasteiger partial charge >= 0.3 is 0 Å². The molecule has 0 bridgehead atoms. The summed E-state index contributed by atoms with van der Waals surface area (Å²) < 4.78 is 0. The van der Waals surface area contributed by atoms with E-state index in [1.165, 1.54) is 6.07 Å². The highest BCUT2D eigenvalue weighted by atomic mass is 16.3. The van der Waals surface area contributed by atoms with Crippen molar-refractivity contribution in [2.45, 2.75) is 0 Å². The summed E-state index contributed by atoms with van der Waals surface area (Å²) in [6, 6.07) is 10.6. The topological polar surface area (TPSA) is 46.5 Å². The van der Waals surface area contributed by atoms with Crippen molar-refractivity contribution >= 4 is 22.7 Å². The molecule has 0 fully saturated rings. The molecule has 0 saturated carbocycles. The van der Waals surface area contributed by atoms with Crippen molar-refractivity contribution in [1.82, 2.24) is 0 Å². The second-order valence-electron chi connectivity index (χ2n) is 2.87. The predicted molar refractivity (Wildman–Crippen MR) is 54.2 cm³/mol. The summed E-state index contributed by atoms with van der Waals surface area (Å²) in [6.07, 6.45) is 1.75. The van der Waals surface area contributed by atoms with Gasteiger partial charge in [0.15, 0.2) is 0 Å². The van der Waals surface area contributed by atoms with Gasteiger partial charge in [0.2, 0.25) is 6.29 Å². The number of rotatable bonds is 2. The SMILES string of the molecule is O=[C]c1c(N=O)ccc2ccccc12. The second-order valence-corrected chi connectivity index (χ2v) is 2.87. The number of carbonyl (C=O) groups excluding carboxylic acids is 1. The zero-order valence-electron chi connectivity index (χ0n) is 7.23. The molecule has 2 aromatic rings. The third-order valence-corrected chi connectivity index (χ3v) is 2.11. The van der Waals surface area contributed by atoms with Gasteiger partial charge in [-0.15, -0.1) is 4.91 Å². The molecule has 3 nitrogen and oxygen atoms in total. The van der Waals surface area contributed by atoms with Crippen LogP contribution in [0.1, 0.15) is 5.56 Å². The van der Waals surface area contributed by atoms with Crippen molar-refractivity contribution in [1.29, 1.82) is 0 Å². The van der Waals surface area contributed by atoms with Crippen LogP contribution in [-0.2, 0) is 4.79 Å². The zero-order chi connectivity index (χ0) is 9.97. The van der Waals surface area contributed by atoms with Crippen molar-refractivity contribution in [2.75, 3.05) is 0 Å². The molecule has 1 radical (unpaired) electrons. The van der Waals surface area contributed by atoms with Gasteiger partial charge in [0, 0.05) is 0 Å². The Labute approximate surface area is 80.3 Å². The van der Waals surface area contributed by atoms with Crippen molar-refractivity contribution in [3.8, 4) is 0 Å². The molecule has 14 heavy (non-hydrogen) atoms. The molecule has 0 spiro atoms. The summed E-state index contributed by atoms with van der Waals surface area (Å²) in [7, 11) is 0. The van der Waals surface area contributed by atoms with Gasteiger partial charge in [0.05, 0.1) is 5.56 Å². The van der Waals surface area contributed by atoms with Crippen LogP contribution in [0, 0.1) is 4.91 Å². The lowest BCUT2D eigenvalue weighted by Crippen LogP contribution is -1.84. The smallest absolute Gasteiger partial charge is 0.236 e. The summed E-state index contributed by atoms with van der Waals surface area (Å²) in [5, 5.41) is 4.39. The van der Waals surface area contributed by atoms with Crippen LogP contribution >= 0.6 is 0 Å². The number of hydrogen-bond donors (Lipinski definition) is 0. The van der Waals surface area contributed by atoms with Crippen LogP contribution in [0.5, 0.6) is 0 Å². The quantitative estimate of drug-likeness (QED) is 0.673. The van der Waals surface area contributed by atoms with Gasteiger partial charge in [0.25, 0.3) is 0 Å². The van der Waals surface area contributed by atoms with Gasteiger partial charge in [-0.2, -0.15) is 0 Å². The Hall–Kier alpha value is -2.03. The monoisotopic (exact) mass is 184 g/mol. The Balaban J connectivity index is 2.90. The molecule has 3 heteroatoms. The molecule has 0 amide bonds. The minimum Gasteiger partial charge on any atom is -0.285 e. The molecule has 0 aliphatic heterocycles. The van der Waals surface area contributed by atoms with Crippen LogP contribution in [0.3, 0.4) is 0 Å². The summed E-state index contributed by atoms with van der Waals surface area (Å²) in [6.45, 7) is 0. The minimum absolute atomic E-state index is 0.138. The van der Waals surface area contributed by atoms with E-state index in [0.717, 1.165) is 5.39 Å². The number of hydrogen-bond acceptors (Lipinski definition) is 3. The lowest BCUT2D eigenvalue weighted by Gasteiger charge is -2.00. The summed E-state index contributed by atoms with van der Waals surface area (Å²) in [5.74, 6) is 0. The van der Waals surface area contributed by atoms with E-state index in [4.69, 9.17) is 0 Å². The molecular formula is C11H6NO2. The Morgan fingerprint density at radius 3 is 2.57 bits per heavy atom. The van der Waals surface area contributed by atoms with Crippen LogP contribution in [0.2, 0.25) is 0 Å². The van der Waals surface area contributed by atoms with Gasteiger partial charge in [-0.1, -0.05) is 30.3 Å². The average molecular weight is 184 g/mol. The normalized spacial score (nSPS) is 10.0. The van der Waals surface area contributed by atoms with Crippen LogP contribution in [0.4, 0.5) is 5.69 Å². The Bertz CT molecular complexity index is 506. The molecule has 0 aliphatic carbocycles. The summed E-state index contributed by atoms with van der Waals surface area (Å²) in [4.78, 5) is 21.1. The van der Waals surface area contributed by atoms with E-state index in [0.29, 0.717) is 5.39 Å². The fourth-order valence-electron chi connectivity index (χ4n) is 1.44. The average Bonchev–Trinajstić information content (AvgIpc) is 2.27. The summed E-state index contributed by atoms with van der Waals surface area (Å²) in [5.41, 5.74) is 0.372. The molecule has 2 aromatic carbocycles. The van der Waals surface area contributed by atoms with E-state index in [-0.39, 0.29) is 11.3 Å². The van der Waals surface area contributed by atoms with E-state index < -0.39 is 0 Å². The molecule has 2 rings (SSSR count). The number of benzene rings is 2. The third-order valence-electron chi connectivity index (χ3n) is 2.11. The second kappa shape index (κ2) is 3.38. The first kappa shape index (κ1) is 8.56. The van der Waals surface area contributed by atoms with Crippen molar-refractivity contribution in [3.63, 3.8) is 0 Å². The standard InChI is InChI=1S/C11H6NO2/c13-7-10-9-4-2-1-3-8(9)5-6-11(10)12-14/h1-6H. The van der Waals surface area contributed by atoms with Gasteiger partial charge in [-0.25, -0.2) is 0 Å². The van der Waals surface area contributed by atoms with Crippen LogP contribution in [0.25, 0.3) is 10.8 Å². The molecule has 0 N–H and O–H groups in total. The predicted octanol–water partition coefficient (Wildman–Crippen LogP) is 2.70. The minimum atomic E-state index is 0.138. The first-order chi connectivity index (χ1) is 6.86. The Morgan fingerprint density at radius 2 is 1.86 bits per heavy atom. The molecule has 0 aliphatic rings. The van der Waals surface area contributed by atoms with Gasteiger partial charge in [-0.05, 0) is 22.0 Å². The molecule has 0 atom stereocenters. The molecule has 0 heterocycles. The Kier molecular flexibility index (Phi) is 2.07. The van der Waals surface area contributed by atoms with Crippen LogP contribution in [-0.4, -0.2) is 6.29 Å². The van der Waals surface area contributed by atoms with E-state index in [1.54, 1.807) is 24.5 Å². The maximum atomic E-state index is 10.7. The van der Waals surface area contributed by atoms with Crippen molar-refractivity contribution < 1.29 is 4.79 Å². The lowest BCUT2D eigenvalue weighted by molar-refractivity contribution is 0.563. The fourth-order valence-corrected chi connectivity index (χ4v) is 1.44. The largest absolute Gasteiger partial charge is 0.285 e. The molecule has 0 aromatic heterocycles. The molecule has 67 valence electrons. The maximum absolute atomic E-state index is 10.7. The first-order valence-corrected chi connectivity index (χ1v) is 4.10. The molecular weight excluding hydrogens is 178 g/mol. The Morgan fingerprint density at radius 1 is 1.07 bits per heavy atom. The highest BCUT2D eigenvalue weighted by molar-refractivity contribution is 6.02. The molecule has 0 saturated heterocycles. The van der Waals surface area contributed by atoms with Crippen LogP contribution < -0.4 is 0 Å². The maximum Gasteiger partial charge on any atom is 0.236 e. The van der Waals surface area contributed by atoms with Crippen molar-refractivity contribution in [2.24, 2.45) is 5.18 Å². The van der Waals surface area contributed by atoms with E-state index >= 15 is 0 Å². The third kappa shape index (κ3) is 1.19. The van der Waals surface area contributed by atoms with Gasteiger partial charge in [-0.3, -0.25) is 4.79 Å². The highest BCUT2D eigenvalue weighted by Crippen LogP contribution is 2.26. The van der Waals surface area contributed by atoms with Gasteiger partial charge in [0.1, 0.15) is 5.69 Å². The lowest BCUT2D eigenvalue weighted by atomic mass is 10.0. The van der Waals surface area contributed by atoms with E-state index in [2.05, 4.69) is 5.18 Å². The van der Waals surface area contributed by atoms with Crippen molar-refractivity contribution in [3.05, 3.63) is 46.9 Å². The first-order valence-electron chi connectivity index (χ1n) is 4.10. The fraction of sp³-hybridized carbons (Fsp3) is 0. The van der Waals surface area contributed by atoms with E-state index in [9.17, 15) is 9.70 Å². The van der Waals surface area contributed by atoms with Crippen LogP contribution in [0.15, 0.2) is 41.6 Å². The summed E-state index contributed by atoms with van der Waals surface area (Å²) >= 11 is 0. The number of nitroso groups, excluding NO2 is 1. The zero-order valence-corrected chi connectivity index (χ0v) is 7.23. The number of fused-ring (bicyclic) bond motifs is 1. The number of nitrogens with zero attached hydrogens (tertiary/aromatic N) is 1. The van der Waals surface area contributed by atoms with E-state index in [1.807, 2.05) is 12.1 Å². The van der Waals surface area contributed by atoms with Gasteiger partial charge < -0.3 is 0 Å².